The average Bonchev–Trinajstić information content (AvgIpc) is 2.85. The Morgan fingerprint density at radius 3 is 2.76 bits per heavy atom. The van der Waals surface area contributed by atoms with Crippen LogP contribution >= 0.6 is 0 Å². The first kappa shape index (κ1) is 11.4. The van der Waals surface area contributed by atoms with E-state index in [2.05, 4.69) is 0 Å². The van der Waals surface area contributed by atoms with E-state index in [1.807, 2.05) is 24.3 Å². The number of carbonyl (C=O) groups is 1. The van der Waals surface area contributed by atoms with Crippen LogP contribution < -0.4 is 4.74 Å². The molecular weight excluding hydrogens is 220 g/mol. The molecule has 1 heterocycles. The first-order valence-electron chi connectivity index (χ1n) is 5.11. The van der Waals surface area contributed by atoms with Crippen LogP contribution in [0.3, 0.4) is 0 Å². The van der Waals surface area contributed by atoms with Crippen molar-refractivity contribution in [3.8, 4) is 17.1 Å². The van der Waals surface area contributed by atoms with Gasteiger partial charge >= 0.3 is 0 Å². The summed E-state index contributed by atoms with van der Waals surface area (Å²) in [7, 11) is 1.56. The number of hydrogen-bond acceptors (Lipinski definition) is 4. The topological polar surface area (TPSA) is 48.7 Å². The molecular formula is C13H12O4. The van der Waals surface area contributed by atoms with Crippen LogP contribution in [0.1, 0.15) is 10.6 Å². The smallest absolute Gasteiger partial charge is 0.188 e. The minimum absolute atomic E-state index is 0.165. The fourth-order valence-corrected chi connectivity index (χ4v) is 1.48. The zero-order chi connectivity index (χ0) is 12.1. The fraction of sp³-hybridized carbons (Fsp3) is 0.154. The molecule has 0 aliphatic heterocycles. The van der Waals surface area contributed by atoms with Crippen LogP contribution in [-0.2, 0) is 4.74 Å². The molecule has 0 fully saturated rings. The summed E-state index contributed by atoms with van der Waals surface area (Å²) < 4.78 is 15.6. The van der Waals surface area contributed by atoms with Crippen molar-refractivity contribution in [1.29, 1.82) is 0 Å². The number of benzene rings is 1. The molecule has 0 amide bonds. The Kier molecular flexibility index (Phi) is 3.57. The van der Waals surface area contributed by atoms with Crippen LogP contribution in [0.15, 0.2) is 40.8 Å². The Labute approximate surface area is 98.8 Å². The largest absolute Gasteiger partial charge is 0.467 e. The highest BCUT2D eigenvalue weighted by Crippen LogP contribution is 2.30. The summed E-state index contributed by atoms with van der Waals surface area (Å²) in [6, 6.07) is 10.8. The Morgan fingerprint density at radius 1 is 1.24 bits per heavy atom. The van der Waals surface area contributed by atoms with Gasteiger partial charge in [-0.15, -0.1) is 0 Å². The Balaban J connectivity index is 2.33. The summed E-state index contributed by atoms with van der Waals surface area (Å²) in [4.78, 5) is 10.6. The van der Waals surface area contributed by atoms with Gasteiger partial charge in [0.25, 0.3) is 0 Å². The predicted octanol–water partition coefficient (Wildman–Crippen LogP) is 2.74. The molecule has 0 unspecified atom stereocenters. The van der Waals surface area contributed by atoms with E-state index in [0.29, 0.717) is 23.6 Å². The average molecular weight is 232 g/mol. The standard InChI is InChI=1S/C13H12O4/c1-15-9-16-12-5-3-2-4-11(12)13-7-6-10(8-14)17-13/h2-8H,9H2,1H3. The summed E-state index contributed by atoms with van der Waals surface area (Å²) in [5.41, 5.74) is 0.789. The molecule has 0 atom stereocenters. The van der Waals surface area contributed by atoms with Crippen molar-refractivity contribution in [2.75, 3.05) is 13.9 Å². The van der Waals surface area contributed by atoms with Gasteiger partial charge in [0.15, 0.2) is 18.8 Å². The van der Waals surface area contributed by atoms with Gasteiger partial charge in [0, 0.05) is 7.11 Å². The third-order valence-corrected chi connectivity index (χ3v) is 2.23. The summed E-state index contributed by atoms with van der Waals surface area (Å²) >= 11 is 0. The zero-order valence-corrected chi connectivity index (χ0v) is 9.38. The number of ether oxygens (including phenoxy) is 2. The van der Waals surface area contributed by atoms with Gasteiger partial charge in [0.1, 0.15) is 11.5 Å². The van der Waals surface area contributed by atoms with E-state index in [-0.39, 0.29) is 6.79 Å². The van der Waals surface area contributed by atoms with Gasteiger partial charge < -0.3 is 13.9 Å². The maximum Gasteiger partial charge on any atom is 0.188 e. The highest BCUT2D eigenvalue weighted by molar-refractivity contribution is 5.74. The Bertz CT molecular complexity index is 502. The molecule has 0 aliphatic carbocycles. The number of hydrogen-bond donors (Lipinski definition) is 0. The molecule has 0 radical (unpaired) electrons. The molecule has 4 heteroatoms. The second kappa shape index (κ2) is 5.32. The van der Waals surface area contributed by atoms with Crippen LogP contribution in [0.5, 0.6) is 5.75 Å². The van der Waals surface area contributed by atoms with E-state index in [1.54, 1.807) is 19.2 Å². The predicted molar refractivity (Wildman–Crippen MR) is 62.0 cm³/mol. The molecule has 2 rings (SSSR count). The normalized spacial score (nSPS) is 10.2. The highest BCUT2D eigenvalue weighted by Gasteiger charge is 2.09. The third-order valence-electron chi connectivity index (χ3n) is 2.23. The number of para-hydroxylation sites is 1. The molecule has 0 saturated carbocycles. The third kappa shape index (κ3) is 2.54. The van der Waals surface area contributed by atoms with Crippen LogP contribution in [0.4, 0.5) is 0 Å². The fourth-order valence-electron chi connectivity index (χ4n) is 1.48. The van der Waals surface area contributed by atoms with Gasteiger partial charge in [-0.1, -0.05) is 12.1 Å². The lowest BCUT2D eigenvalue weighted by molar-refractivity contribution is 0.0514. The van der Waals surface area contributed by atoms with Gasteiger partial charge in [-0.05, 0) is 24.3 Å². The second-order valence-electron chi connectivity index (χ2n) is 3.37. The van der Waals surface area contributed by atoms with Gasteiger partial charge in [-0.2, -0.15) is 0 Å². The molecule has 0 bridgehead atoms. The lowest BCUT2D eigenvalue weighted by Gasteiger charge is -2.08. The van der Waals surface area contributed by atoms with E-state index < -0.39 is 0 Å². The summed E-state index contributed by atoms with van der Waals surface area (Å²) in [6.45, 7) is 0.165. The van der Waals surface area contributed by atoms with E-state index in [0.717, 1.165) is 5.56 Å². The first-order chi connectivity index (χ1) is 8.35. The van der Waals surface area contributed by atoms with E-state index in [1.165, 1.54) is 0 Å². The molecule has 1 aromatic carbocycles. The van der Waals surface area contributed by atoms with E-state index >= 15 is 0 Å². The van der Waals surface area contributed by atoms with Crippen LogP contribution in [0.2, 0.25) is 0 Å². The number of rotatable bonds is 5. The molecule has 4 nitrogen and oxygen atoms in total. The van der Waals surface area contributed by atoms with Crippen LogP contribution in [0, 0.1) is 0 Å². The molecule has 0 N–H and O–H groups in total. The van der Waals surface area contributed by atoms with Crippen molar-refractivity contribution in [2.45, 2.75) is 0 Å². The molecule has 0 aliphatic rings. The number of aldehydes is 1. The quantitative estimate of drug-likeness (QED) is 0.587. The summed E-state index contributed by atoms with van der Waals surface area (Å²) in [6.07, 6.45) is 0.669. The monoisotopic (exact) mass is 232 g/mol. The number of furan rings is 1. The maximum atomic E-state index is 10.6. The Morgan fingerprint density at radius 2 is 2.06 bits per heavy atom. The van der Waals surface area contributed by atoms with Gasteiger partial charge in [-0.3, -0.25) is 4.79 Å². The van der Waals surface area contributed by atoms with Gasteiger partial charge in [0.05, 0.1) is 5.56 Å². The minimum Gasteiger partial charge on any atom is -0.467 e. The van der Waals surface area contributed by atoms with Crippen LogP contribution in [-0.4, -0.2) is 20.2 Å². The Hall–Kier alpha value is -2.07. The molecule has 1 aromatic heterocycles. The summed E-state index contributed by atoms with van der Waals surface area (Å²) in [5.74, 6) is 1.54. The van der Waals surface area contributed by atoms with Crippen LogP contribution in [0.25, 0.3) is 11.3 Å². The minimum atomic E-state index is 0.165. The molecule has 0 saturated heterocycles. The van der Waals surface area contributed by atoms with Crippen molar-refractivity contribution in [1.82, 2.24) is 0 Å². The first-order valence-corrected chi connectivity index (χ1v) is 5.11. The lowest BCUT2D eigenvalue weighted by atomic mass is 10.1. The van der Waals surface area contributed by atoms with Crippen molar-refractivity contribution in [3.63, 3.8) is 0 Å². The van der Waals surface area contributed by atoms with Gasteiger partial charge in [0.2, 0.25) is 0 Å². The van der Waals surface area contributed by atoms with Crippen molar-refractivity contribution in [2.24, 2.45) is 0 Å². The summed E-state index contributed by atoms with van der Waals surface area (Å²) in [5, 5.41) is 0. The van der Waals surface area contributed by atoms with Crippen molar-refractivity contribution in [3.05, 3.63) is 42.2 Å². The van der Waals surface area contributed by atoms with Crippen molar-refractivity contribution >= 4 is 6.29 Å². The van der Waals surface area contributed by atoms with Crippen molar-refractivity contribution < 1.29 is 18.7 Å². The SMILES string of the molecule is COCOc1ccccc1-c1ccc(C=O)o1. The lowest BCUT2D eigenvalue weighted by Crippen LogP contribution is -1.99. The van der Waals surface area contributed by atoms with E-state index in [4.69, 9.17) is 13.9 Å². The van der Waals surface area contributed by atoms with E-state index in [9.17, 15) is 4.79 Å². The maximum absolute atomic E-state index is 10.6. The molecule has 2 aromatic rings. The zero-order valence-electron chi connectivity index (χ0n) is 9.38. The van der Waals surface area contributed by atoms with Gasteiger partial charge in [-0.25, -0.2) is 0 Å². The number of carbonyl (C=O) groups excluding carboxylic acids is 1. The second-order valence-corrected chi connectivity index (χ2v) is 3.37. The molecule has 0 spiro atoms. The highest BCUT2D eigenvalue weighted by atomic mass is 16.7. The molecule has 88 valence electrons. The number of methoxy groups -OCH3 is 1. The molecule has 17 heavy (non-hydrogen) atoms.